The van der Waals surface area contributed by atoms with Gasteiger partial charge in [-0.25, -0.2) is 0 Å². The molecule has 136 valence electrons. The Morgan fingerprint density at radius 3 is 2.58 bits per heavy atom. The molecule has 24 heavy (non-hydrogen) atoms. The Balaban J connectivity index is 1.96. The van der Waals surface area contributed by atoms with Crippen LogP contribution in [0.3, 0.4) is 0 Å². The third-order valence-electron chi connectivity index (χ3n) is 6.11. The lowest BCUT2D eigenvalue weighted by atomic mass is 9.78. The molecule has 1 saturated heterocycles. The minimum absolute atomic E-state index is 0.203. The molecule has 0 saturated carbocycles. The van der Waals surface area contributed by atoms with Gasteiger partial charge in [-0.3, -0.25) is 0 Å². The van der Waals surface area contributed by atoms with Crippen LogP contribution in [0.2, 0.25) is 0 Å². The fourth-order valence-electron chi connectivity index (χ4n) is 4.29. The summed E-state index contributed by atoms with van der Waals surface area (Å²) in [5.41, 5.74) is 2.08. The zero-order valence-electron chi connectivity index (χ0n) is 15.5. The largest absolute Gasteiger partial charge is 0.387 e. The maximum absolute atomic E-state index is 10.9. The molecule has 0 amide bonds. The minimum Gasteiger partial charge on any atom is -0.387 e. The maximum Gasteiger partial charge on any atom is 0.116 e. The topological polar surface area (TPSA) is 58.9 Å². The summed E-state index contributed by atoms with van der Waals surface area (Å²) in [6.45, 7) is 8.59. The van der Waals surface area contributed by atoms with Gasteiger partial charge in [0.05, 0.1) is 23.9 Å². The van der Waals surface area contributed by atoms with Gasteiger partial charge in [-0.1, -0.05) is 11.6 Å². The van der Waals surface area contributed by atoms with Crippen molar-refractivity contribution in [2.75, 3.05) is 6.61 Å². The fourth-order valence-corrected chi connectivity index (χ4v) is 4.29. The number of hydrogen-bond acceptors (Lipinski definition) is 4. The summed E-state index contributed by atoms with van der Waals surface area (Å²) in [6, 6.07) is 0. The predicted octanol–water partition coefficient (Wildman–Crippen LogP) is 3.27. The first-order chi connectivity index (χ1) is 11.2. The van der Waals surface area contributed by atoms with Crippen molar-refractivity contribution < 1.29 is 19.7 Å². The third-order valence-corrected chi connectivity index (χ3v) is 6.11. The van der Waals surface area contributed by atoms with Crippen molar-refractivity contribution in [3.05, 3.63) is 22.8 Å². The van der Waals surface area contributed by atoms with Crippen LogP contribution in [-0.2, 0) is 9.47 Å². The molecule has 0 aliphatic carbocycles. The zero-order valence-corrected chi connectivity index (χ0v) is 15.5. The number of ether oxygens (including phenoxy) is 2. The molecule has 4 nitrogen and oxygen atoms in total. The van der Waals surface area contributed by atoms with Crippen molar-refractivity contribution in [2.45, 2.75) is 95.7 Å². The van der Waals surface area contributed by atoms with E-state index in [-0.39, 0.29) is 12.2 Å². The molecule has 0 aromatic carbocycles. The highest BCUT2D eigenvalue weighted by atomic mass is 16.6. The van der Waals surface area contributed by atoms with Gasteiger partial charge in [0.1, 0.15) is 12.2 Å². The fraction of sp³-hybridized carbons (Fsp3) is 0.800. The van der Waals surface area contributed by atoms with Crippen LogP contribution in [0, 0.1) is 0 Å². The first-order valence-corrected chi connectivity index (χ1v) is 9.27. The average molecular weight is 336 g/mol. The first kappa shape index (κ1) is 18.1. The normalized spacial score (nSPS) is 46.6. The van der Waals surface area contributed by atoms with Crippen LogP contribution in [0.1, 0.15) is 66.2 Å². The molecule has 3 rings (SSSR count). The van der Waals surface area contributed by atoms with E-state index in [0.717, 1.165) is 19.3 Å². The number of rotatable bonds is 0. The van der Waals surface area contributed by atoms with Gasteiger partial charge in [-0.2, -0.15) is 0 Å². The average Bonchev–Trinajstić information content (AvgIpc) is 2.84. The van der Waals surface area contributed by atoms with Gasteiger partial charge in [-0.15, -0.1) is 0 Å². The second-order valence-electron chi connectivity index (χ2n) is 8.42. The van der Waals surface area contributed by atoms with Crippen LogP contribution in [0.5, 0.6) is 0 Å². The van der Waals surface area contributed by atoms with Crippen LogP contribution in [-0.4, -0.2) is 46.3 Å². The minimum atomic E-state index is -0.928. The van der Waals surface area contributed by atoms with E-state index >= 15 is 0 Å². The number of allylic oxidation sites excluding steroid dienone is 2. The van der Waals surface area contributed by atoms with Crippen molar-refractivity contribution in [3.8, 4) is 0 Å². The summed E-state index contributed by atoms with van der Waals surface area (Å²) in [4.78, 5) is 0. The van der Waals surface area contributed by atoms with E-state index < -0.39 is 17.3 Å². The van der Waals surface area contributed by atoms with E-state index in [9.17, 15) is 10.2 Å². The van der Waals surface area contributed by atoms with E-state index in [1.807, 2.05) is 13.8 Å². The van der Waals surface area contributed by atoms with E-state index in [1.165, 1.54) is 16.7 Å². The van der Waals surface area contributed by atoms with Gasteiger partial charge in [-0.05, 0) is 77.4 Å². The van der Waals surface area contributed by atoms with Gasteiger partial charge in [0.2, 0.25) is 0 Å². The highest BCUT2D eigenvalue weighted by molar-refractivity contribution is 5.26. The van der Waals surface area contributed by atoms with E-state index in [0.29, 0.717) is 25.9 Å². The van der Waals surface area contributed by atoms with Crippen LogP contribution in [0.15, 0.2) is 22.8 Å². The lowest BCUT2D eigenvalue weighted by Gasteiger charge is -2.47. The molecule has 0 aromatic heterocycles. The van der Waals surface area contributed by atoms with Gasteiger partial charge in [0.25, 0.3) is 0 Å². The summed E-state index contributed by atoms with van der Waals surface area (Å²) in [6.07, 6.45) is 6.14. The molecule has 0 spiro atoms. The quantitative estimate of drug-likeness (QED) is 0.667. The second-order valence-corrected chi connectivity index (χ2v) is 8.42. The van der Waals surface area contributed by atoms with Gasteiger partial charge in [0, 0.05) is 0 Å². The zero-order chi connectivity index (χ0) is 17.5. The van der Waals surface area contributed by atoms with E-state index in [1.54, 1.807) is 0 Å². The summed E-state index contributed by atoms with van der Waals surface area (Å²) in [7, 11) is 0. The van der Waals surface area contributed by atoms with Crippen molar-refractivity contribution in [1.29, 1.82) is 0 Å². The molecule has 1 fully saturated rings. The second kappa shape index (κ2) is 6.56. The van der Waals surface area contributed by atoms with Crippen molar-refractivity contribution in [3.63, 3.8) is 0 Å². The summed E-state index contributed by atoms with van der Waals surface area (Å²) in [5.74, 6) is 0. The smallest absolute Gasteiger partial charge is 0.116 e. The third kappa shape index (κ3) is 3.48. The van der Waals surface area contributed by atoms with Crippen molar-refractivity contribution >= 4 is 0 Å². The number of hydrogen-bond donors (Lipinski definition) is 2. The van der Waals surface area contributed by atoms with Gasteiger partial charge in [0.15, 0.2) is 0 Å². The van der Waals surface area contributed by atoms with E-state index in [2.05, 4.69) is 19.9 Å². The standard InChI is InChI=1S/C20H32O4/c1-13-6-5-10-19(3,21)16-9-11-20(4,22)18(24-16)17-15(8-7-13)14(2)12-23-17/h6,16-18,21-22H,5,7-12H2,1-4H3/b13-6+/t16-,17+,18-,19+,20+/m1/s1. The lowest BCUT2D eigenvalue weighted by molar-refractivity contribution is -0.237. The molecule has 0 unspecified atom stereocenters. The number of fused-ring (bicyclic) bond motifs is 4. The summed E-state index contributed by atoms with van der Waals surface area (Å²) >= 11 is 0. The Morgan fingerprint density at radius 2 is 1.83 bits per heavy atom. The Hall–Kier alpha value is -0.680. The number of aliphatic hydroxyl groups is 2. The lowest BCUT2D eigenvalue weighted by Crippen LogP contribution is -2.58. The Kier molecular flexibility index (Phi) is 4.95. The first-order valence-electron chi connectivity index (χ1n) is 9.27. The molecule has 2 N–H and O–H groups in total. The molecule has 3 aliphatic rings. The monoisotopic (exact) mass is 336 g/mol. The molecule has 5 atom stereocenters. The Labute approximate surface area is 145 Å². The molecule has 2 bridgehead atoms. The molecule has 4 heteroatoms. The van der Waals surface area contributed by atoms with E-state index in [4.69, 9.17) is 9.47 Å². The van der Waals surface area contributed by atoms with Crippen LogP contribution >= 0.6 is 0 Å². The van der Waals surface area contributed by atoms with Crippen LogP contribution in [0.25, 0.3) is 0 Å². The predicted molar refractivity (Wildman–Crippen MR) is 93.8 cm³/mol. The highest BCUT2D eigenvalue weighted by Crippen LogP contribution is 2.41. The Morgan fingerprint density at radius 1 is 1.08 bits per heavy atom. The van der Waals surface area contributed by atoms with Crippen LogP contribution < -0.4 is 0 Å². The van der Waals surface area contributed by atoms with Crippen molar-refractivity contribution in [1.82, 2.24) is 0 Å². The van der Waals surface area contributed by atoms with Gasteiger partial charge < -0.3 is 19.7 Å². The SMILES string of the molecule is CC1=C2CC/C(C)=C/CC[C@](C)(O)[C@H]3CC[C@](C)(O)[C@H](O3)[C@H]2OC1. The summed E-state index contributed by atoms with van der Waals surface area (Å²) in [5, 5.41) is 21.9. The molecule has 0 aromatic rings. The molecular weight excluding hydrogens is 304 g/mol. The maximum atomic E-state index is 10.9. The molecule has 3 heterocycles. The molecule has 0 radical (unpaired) electrons. The van der Waals surface area contributed by atoms with Gasteiger partial charge >= 0.3 is 0 Å². The Bertz CT molecular complexity index is 544. The highest BCUT2D eigenvalue weighted by Gasteiger charge is 2.50. The molecular formula is C20H32O4. The summed E-state index contributed by atoms with van der Waals surface area (Å²) < 4.78 is 12.3. The van der Waals surface area contributed by atoms with Crippen molar-refractivity contribution in [2.24, 2.45) is 0 Å². The van der Waals surface area contributed by atoms with Crippen LogP contribution in [0.4, 0.5) is 0 Å². The molecule has 3 aliphatic heterocycles.